The Hall–Kier alpha value is -2.58. The summed E-state index contributed by atoms with van der Waals surface area (Å²) in [4.78, 5) is 0. The monoisotopic (exact) mass is 450 g/mol. The van der Waals surface area contributed by atoms with Gasteiger partial charge in [-0.15, -0.1) is 0 Å². The molecule has 0 radical (unpaired) electrons. The number of aliphatic hydroxyl groups excluding tert-OH is 2. The molecule has 3 aromatic rings. The van der Waals surface area contributed by atoms with Gasteiger partial charge in [0.25, 0.3) is 0 Å². The third kappa shape index (κ3) is 6.71. The zero-order valence-electron chi connectivity index (χ0n) is 18.4. The number of hydrogen-bond donors (Lipinski definition) is 2. The van der Waals surface area contributed by atoms with Gasteiger partial charge in [0.15, 0.2) is 6.29 Å². The van der Waals surface area contributed by atoms with E-state index in [2.05, 4.69) is 0 Å². The van der Waals surface area contributed by atoms with Gasteiger partial charge in [-0.25, -0.2) is 0 Å². The van der Waals surface area contributed by atoms with Gasteiger partial charge in [0.2, 0.25) is 0 Å². The molecule has 174 valence electrons. The molecule has 1 aliphatic heterocycles. The normalized spacial score (nSPS) is 25.1. The van der Waals surface area contributed by atoms with E-state index in [-0.39, 0.29) is 19.8 Å². The van der Waals surface area contributed by atoms with E-state index in [4.69, 9.17) is 18.9 Å². The van der Waals surface area contributed by atoms with E-state index in [0.717, 1.165) is 16.7 Å². The predicted molar refractivity (Wildman–Crippen MR) is 123 cm³/mol. The minimum absolute atomic E-state index is 0.115. The van der Waals surface area contributed by atoms with Crippen molar-refractivity contribution in [3.63, 3.8) is 0 Å². The highest BCUT2D eigenvalue weighted by molar-refractivity contribution is 5.15. The smallest absolute Gasteiger partial charge is 0.184 e. The molecule has 1 fully saturated rings. The predicted octanol–water partition coefficient (Wildman–Crippen LogP) is 3.45. The van der Waals surface area contributed by atoms with Crippen molar-refractivity contribution in [1.82, 2.24) is 0 Å². The fourth-order valence-corrected chi connectivity index (χ4v) is 3.81. The quantitative estimate of drug-likeness (QED) is 0.493. The van der Waals surface area contributed by atoms with Crippen LogP contribution < -0.4 is 0 Å². The average molecular weight is 451 g/mol. The molecule has 5 atom stereocenters. The molecule has 33 heavy (non-hydrogen) atoms. The van der Waals surface area contributed by atoms with E-state index in [1.54, 1.807) is 0 Å². The number of ether oxygens (including phenoxy) is 4. The third-order valence-corrected chi connectivity index (χ3v) is 5.60. The lowest BCUT2D eigenvalue weighted by Gasteiger charge is -2.42. The van der Waals surface area contributed by atoms with E-state index >= 15 is 0 Å². The highest BCUT2D eigenvalue weighted by Gasteiger charge is 2.46. The lowest BCUT2D eigenvalue weighted by molar-refractivity contribution is -0.309. The van der Waals surface area contributed by atoms with Crippen LogP contribution in [0.5, 0.6) is 0 Å². The standard InChI is InChI=1S/C27H30O6/c28-24-23(19-30-16-20-10-4-1-5-11-20)33-27(29)26(32-18-22-14-8-3-9-15-22)25(24)31-17-21-12-6-2-7-13-21/h1-15,23-29H,16-19H2/t23-,24+,25-,26-,27-/m0/s1. The fraction of sp³-hybridized carbons (Fsp3) is 0.333. The Morgan fingerprint density at radius 2 is 1.06 bits per heavy atom. The van der Waals surface area contributed by atoms with Gasteiger partial charge in [-0.3, -0.25) is 0 Å². The molecule has 0 amide bonds. The molecular formula is C27H30O6. The largest absolute Gasteiger partial charge is 0.387 e. The molecular weight excluding hydrogens is 420 g/mol. The fourth-order valence-electron chi connectivity index (χ4n) is 3.81. The summed E-state index contributed by atoms with van der Waals surface area (Å²) >= 11 is 0. The van der Waals surface area contributed by atoms with Crippen LogP contribution in [0, 0.1) is 0 Å². The van der Waals surface area contributed by atoms with Gasteiger partial charge in [-0.1, -0.05) is 91.0 Å². The first-order valence-electron chi connectivity index (χ1n) is 11.1. The van der Waals surface area contributed by atoms with E-state index < -0.39 is 30.7 Å². The van der Waals surface area contributed by atoms with E-state index in [1.807, 2.05) is 91.0 Å². The van der Waals surface area contributed by atoms with Gasteiger partial charge in [0, 0.05) is 0 Å². The lowest BCUT2D eigenvalue weighted by Crippen LogP contribution is -2.60. The number of rotatable bonds is 10. The Kier molecular flexibility index (Phi) is 8.60. The first-order chi connectivity index (χ1) is 16.2. The molecule has 0 aromatic heterocycles. The minimum Gasteiger partial charge on any atom is -0.387 e. The molecule has 2 N–H and O–H groups in total. The molecule has 1 aliphatic rings. The number of hydrogen-bond acceptors (Lipinski definition) is 6. The Balaban J connectivity index is 1.41. The van der Waals surface area contributed by atoms with Crippen LogP contribution in [-0.2, 0) is 38.8 Å². The summed E-state index contributed by atoms with van der Waals surface area (Å²) in [6, 6.07) is 29.1. The molecule has 0 bridgehead atoms. The van der Waals surface area contributed by atoms with Gasteiger partial charge < -0.3 is 29.2 Å². The second-order valence-electron chi connectivity index (χ2n) is 8.08. The molecule has 0 aliphatic carbocycles. The van der Waals surface area contributed by atoms with E-state index in [9.17, 15) is 10.2 Å². The van der Waals surface area contributed by atoms with Crippen molar-refractivity contribution < 1.29 is 29.2 Å². The van der Waals surface area contributed by atoms with Gasteiger partial charge in [-0.05, 0) is 16.7 Å². The van der Waals surface area contributed by atoms with Crippen LogP contribution in [0.15, 0.2) is 91.0 Å². The lowest BCUT2D eigenvalue weighted by atomic mass is 9.98. The summed E-state index contributed by atoms with van der Waals surface area (Å²) < 4.78 is 23.5. The molecule has 0 spiro atoms. The zero-order chi connectivity index (χ0) is 22.9. The number of benzene rings is 3. The molecule has 6 heteroatoms. The van der Waals surface area contributed by atoms with Gasteiger partial charge >= 0.3 is 0 Å². The molecule has 6 nitrogen and oxygen atoms in total. The van der Waals surface area contributed by atoms with E-state index in [0.29, 0.717) is 6.61 Å². The van der Waals surface area contributed by atoms with Crippen molar-refractivity contribution in [2.45, 2.75) is 50.5 Å². The Morgan fingerprint density at radius 1 is 0.606 bits per heavy atom. The average Bonchev–Trinajstić information content (AvgIpc) is 2.86. The van der Waals surface area contributed by atoms with Crippen LogP contribution in [0.4, 0.5) is 0 Å². The van der Waals surface area contributed by atoms with Gasteiger partial charge in [0.05, 0.1) is 26.4 Å². The highest BCUT2D eigenvalue weighted by Crippen LogP contribution is 2.27. The SMILES string of the molecule is O[C@H]1[C@H](OCc2ccccc2)[C@H](OCc2ccccc2)[C@@H](O)O[C@H]1COCc1ccccc1. The molecule has 3 aromatic carbocycles. The zero-order valence-corrected chi connectivity index (χ0v) is 18.4. The minimum atomic E-state index is -1.26. The molecule has 1 heterocycles. The van der Waals surface area contributed by atoms with Crippen molar-refractivity contribution in [2.24, 2.45) is 0 Å². The Bertz CT molecular complexity index is 937. The maximum Gasteiger partial charge on any atom is 0.184 e. The molecule has 4 rings (SSSR count). The summed E-state index contributed by atoms with van der Waals surface area (Å²) in [5.41, 5.74) is 2.93. The molecule has 0 saturated carbocycles. The van der Waals surface area contributed by atoms with Gasteiger partial charge in [0.1, 0.15) is 24.4 Å². The van der Waals surface area contributed by atoms with Crippen molar-refractivity contribution in [3.05, 3.63) is 108 Å². The molecule has 0 unspecified atom stereocenters. The van der Waals surface area contributed by atoms with Crippen LogP contribution in [-0.4, -0.2) is 47.5 Å². The van der Waals surface area contributed by atoms with Crippen LogP contribution >= 0.6 is 0 Å². The summed E-state index contributed by atoms with van der Waals surface area (Å²) in [7, 11) is 0. The van der Waals surface area contributed by atoms with Crippen molar-refractivity contribution >= 4 is 0 Å². The first kappa shape index (κ1) is 23.6. The van der Waals surface area contributed by atoms with E-state index in [1.165, 1.54) is 0 Å². The van der Waals surface area contributed by atoms with Crippen molar-refractivity contribution in [2.75, 3.05) is 6.61 Å². The Labute approximate surface area is 194 Å². The topological polar surface area (TPSA) is 77.4 Å². The maximum atomic E-state index is 11.1. The van der Waals surface area contributed by atoms with Crippen molar-refractivity contribution in [3.8, 4) is 0 Å². The summed E-state index contributed by atoms with van der Waals surface area (Å²) in [5.74, 6) is 0. The summed E-state index contributed by atoms with van der Waals surface area (Å²) in [6.07, 6.45) is -4.68. The Morgan fingerprint density at radius 3 is 1.58 bits per heavy atom. The molecule has 1 saturated heterocycles. The second-order valence-corrected chi connectivity index (χ2v) is 8.08. The maximum absolute atomic E-state index is 11.1. The second kappa shape index (κ2) is 12.0. The van der Waals surface area contributed by atoms with Gasteiger partial charge in [-0.2, -0.15) is 0 Å². The van der Waals surface area contributed by atoms with Crippen molar-refractivity contribution in [1.29, 1.82) is 0 Å². The van der Waals surface area contributed by atoms with Crippen LogP contribution in [0.2, 0.25) is 0 Å². The third-order valence-electron chi connectivity index (χ3n) is 5.60. The van der Waals surface area contributed by atoms with Crippen LogP contribution in [0.1, 0.15) is 16.7 Å². The summed E-state index contributed by atoms with van der Waals surface area (Å²) in [5, 5.41) is 21.8. The number of aliphatic hydroxyl groups is 2. The first-order valence-corrected chi connectivity index (χ1v) is 11.1. The highest BCUT2D eigenvalue weighted by atomic mass is 16.7. The van der Waals surface area contributed by atoms with Crippen LogP contribution in [0.3, 0.4) is 0 Å². The van der Waals surface area contributed by atoms with Crippen LogP contribution in [0.25, 0.3) is 0 Å². The summed E-state index contributed by atoms with van der Waals surface area (Å²) in [6.45, 7) is 1.04.